The second-order valence-electron chi connectivity index (χ2n) is 4.39. The Kier molecular flexibility index (Phi) is 5.08. The average Bonchev–Trinajstić information content (AvgIpc) is 2.59. The summed E-state index contributed by atoms with van der Waals surface area (Å²) in [5.41, 5.74) is 4.15. The lowest BCUT2D eigenvalue weighted by Gasteiger charge is -2.11. The molecule has 0 aliphatic heterocycles. The molecule has 0 bridgehead atoms. The van der Waals surface area contributed by atoms with Gasteiger partial charge in [-0.15, -0.1) is 0 Å². The van der Waals surface area contributed by atoms with Crippen molar-refractivity contribution in [3.05, 3.63) is 53.9 Å². The zero-order valence-electron chi connectivity index (χ0n) is 12.7. The van der Waals surface area contributed by atoms with E-state index >= 15 is 0 Å². The first-order chi connectivity index (χ1) is 10.7. The molecular weight excluding hydrogens is 282 g/mol. The second kappa shape index (κ2) is 7.21. The van der Waals surface area contributed by atoms with Gasteiger partial charge in [-0.2, -0.15) is 5.10 Å². The van der Waals surface area contributed by atoms with Crippen LogP contribution in [0.3, 0.4) is 0 Å². The van der Waals surface area contributed by atoms with E-state index in [2.05, 4.69) is 15.5 Å². The lowest BCUT2D eigenvalue weighted by Crippen LogP contribution is -2.20. The molecule has 1 N–H and O–H groups in total. The Hall–Kier alpha value is -2.89. The highest BCUT2D eigenvalue weighted by Crippen LogP contribution is 2.30. The van der Waals surface area contributed by atoms with E-state index in [0.717, 1.165) is 0 Å². The predicted molar refractivity (Wildman–Crippen MR) is 83.5 cm³/mol. The van der Waals surface area contributed by atoms with Crippen LogP contribution in [-0.4, -0.2) is 30.8 Å². The molecule has 0 saturated heterocycles. The van der Waals surface area contributed by atoms with Crippen molar-refractivity contribution in [3.8, 4) is 11.5 Å². The fourth-order valence-corrected chi connectivity index (χ4v) is 1.89. The van der Waals surface area contributed by atoms with Gasteiger partial charge in [-0.3, -0.25) is 9.78 Å². The number of hydrogen-bond acceptors (Lipinski definition) is 5. The zero-order valence-corrected chi connectivity index (χ0v) is 12.7. The SMILES string of the molecule is COc1cccc(C(=O)N/N=C(\C)c2ccccn2)c1OC. The molecule has 1 heterocycles. The number of rotatable bonds is 5. The third kappa shape index (κ3) is 3.41. The second-order valence-corrected chi connectivity index (χ2v) is 4.39. The minimum atomic E-state index is -0.383. The fraction of sp³-hybridized carbons (Fsp3) is 0.188. The molecule has 0 saturated carbocycles. The molecule has 2 rings (SSSR count). The smallest absolute Gasteiger partial charge is 0.275 e. The highest BCUT2D eigenvalue weighted by Gasteiger charge is 2.16. The van der Waals surface area contributed by atoms with Gasteiger partial charge in [0.15, 0.2) is 11.5 Å². The number of hydrazone groups is 1. The third-order valence-corrected chi connectivity index (χ3v) is 3.01. The first-order valence-corrected chi connectivity index (χ1v) is 6.64. The van der Waals surface area contributed by atoms with Crippen LogP contribution in [0, 0.1) is 0 Å². The highest BCUT2D eigenvalue weighted by molar-refractivity contribution is 6.01. The number of carbonyl (C=O) groups is 1. The number of benzene rings is 1. The summed E-state index contributed by atoms with van der Waals surface area (Å²) in [4.78, 5) is 16.4. The molecule has 0 atom stereocenters. The summed E-state index contributed by atoms with van der Waals surface area (Å²) >= 11 is 0. The zero-order chi connectivity index (χ0) is 15.9. The molecule has 0 fully saturated rings. The lowest BCUT2D eigenvalue weighted by molar-refractivity contribution is 0.0951. The molecule has 22 heavy (non-hydrogen) atoms. The molecule has 1 aromatic heterocycles. The van der Waals surface area contributed by atoms with Crippen molar-refractivity contribution >= 4 is 11.6 Å². The lowest BCUT2D eigenvalue weighted by atomic mass is 10.2. The van der Waals surface area contributed by atoms with Crippen LogP contribution in [0.25, 0.3) is 0 Å². The van der Waals surface area contributed by atoms with Crippen LogP contribution in [0.1, 0.15) is 23.0 Å². The standard InChI is InChI=1S/C16H17N3O3/c1-11(13-8-4-5-10-17-13)18-19-16(20)12-7-6-9-14(21-2)15(12)22-3/h4-10H,1-3H3,(H,19,20)/b18-11+. The molecule has 0 aliphatic rings. The van der Waals surface area contributed by atoms with Crippen LogP contribution in [0.4, 0.5) is 0 Å². The molecule has 0 aliphatic carbocycles. The minimum absolute atomic E-state index is 0.347. The molecule has 0 radical (unpaired) electrons. The van der Waals surface area contributed by atoms with Crippen molar-refractivity contribution in [1.82, 2.24) is 10.4 Å². The van der Waals surface area contributed by atoms with E-state index in [4.69, 9.17) is 9.47 Å². The summed E-state index contributed by atoms with van der Waals surface area (Å²) in [5.74, 6) is 0.472. The van der Waals surface area contributed by atoms with Gasteiger partial charge in [0, 0.05) is 6.20 Å². The molecule has 2 aromatic rings. The molecular formula is C16H17N3O3. The molecule has 1 amide bonds. The van der Waals surface area contributed by atoms with Crippen molar-refractivity contribution in [2.24, 2.45) is 5.10 Å². The van der Waals surface area contributed by atoms with E-state index < -0.39 is 0 Å². The van der Waals surface area contributed by atoms with Gasteiger partial charge < -0.3 is 9.47 Å². The van der Waals surface area contributed by atoms with Gasteiger partial charge in [-0.25, -0.2) is 5.43 Å². The molecule has 114 valence electrons. The van der Waals surface area contributed by atoms with Crippen LogP contribution in [0.15, 0.2) is 47.7 Å². The summed E-state index contributed by atoms with van der Waals surface area (Å²) in [5, 5.41) is 4.06. The van der Waals surface area contributed by atoms with Crippen LogP contribution in [0.5, 0.6) is 11.5 Å². The maximum Gasteiger partial charge on any atom is 0.275 e. The number of nitrogens with zero attached hydrogens (tertiary/aromatic N) is 2. The average molecular weight is 299 g/mol. The number of amides is 1. The van der Waals surface area contributed by atoms with Crippen LogP contribution < -0.4 is 14.9 Å². The summed E-state index contributed by atoms with van der Waals surface area (Å²) in [6.45, 7) is 1.77. The summed E-state index contributed by atoms with van der Waals surface area (Å²) in [7, 11) is 3.00. The van der Waals surface area contributed by atoms with Crippen molar-refractivity contribution < 1.29 is 14.3 Å². The van der Waals surface area contributed by atoms with E-state index in [-0.39, 0.29) is 5.91 Å². The van der Waals surface area contributed by atoms with Crippen LogP contribution in [0.2, 0.25) is 0 Å². The molecule has 6 nitrogen and oxygen atoms in total. The Morgan fingerprint density at radius 3 is 2.59 bits per heavy atom. The van der Waals surface area contributed by atoms with Gasteiger partial charge in [0.1, 0.15) is 0 Å². The number of methoxy groups -OCH3 is 2. The van der Waals surface area contributed by atoms with Gasteiger partial charge in [-0.05, 0) is 31.2 Å². The third-order valence-electron chi connectivity index (χ3n) is 3.01. The Morgan fingerprint density at radius 1 is 1.14 bits per heavy atom. The summed E-state index contributed by atoms with van der Waals surface area (Å²) in [6.07, 6.45) is 1.67. The van der Waals surface area contributed by atoms with E-state index in [1.807, 2.05) is 18.2 Å². The Bertz CT molecular complexity index is 684. The Labute approximate surface area is 128 Å². The number of ether oxygens (including phenoxy) is 2. The van der Waals surface area contributed by atoms with Gasteiger partial charge in [0.25, 0.3) is 5.91 Å². The Balaban J connectivity index is 2.20. The normalized spacial score (nSPS) is 11.0. The van der Waals surface area contributed by atoms with Gasteiger partial charge in [0.2, 0.25) is 0 Å². The van der Waals surface area contributed by atoms with E-state index in [1.165, 1.54) is 14.2 Å². The van der Waals surface area contributed by atoms with Crippen molar-refractivity contribution in [1.29, 1.82) is 0 Å². The number of hydrogen-bond donors (Lipinski definition) is 1. The number of pyridine rings is 1. The predicted octanol–water partition coefficient (Wildman–Crippen LogP) is 2.25. The maximum atomic E-state index is 12.3. The van der Waals surface area contributed by atoms with Crippen LogP contribution in [-0.2, 0) is 0 Å². The number of aromatic nitrogens is 1. The first-order valence-electron chi connectivity index (χ1n) is 6.64. The molecule has 0 unspecified atom stereocenters. The number of carbonyl (C=O) groups excluding carboxylic acids is 1. The largest absolute Gasteiger partial charge is 0.493 e. The minimum Gasteiger partial charge on any atom is -0.493 e. The monoisotopic (exact) mass is 299 g/mol. The van der Waals surface area contributed by atoms with Crippen molar-refractivity contribution in [3.63, 3.8) is 0 Å². The molecule has 0 spiro atoms. The topological polar surface area (TPSA) is 72.8 Å². The van der Waals surface area contributed by atoms with Gasteiger partial charge in [-0.1, -0.05) is 12.1 Å². The van der Waals surface area contributed by atoms with E-state index in [1.54, 1.807) is 31.3 Å². The van der Waals surface area contributed by atoms with E-state index in [9.17, 15) is 4.79 Å². The van der Waals surface area contributed by atoms with E-state index in [0.29, 0.717) is 28.5 Å². The molecule has 1 aromatic carbocycles. The fourth-order valence-electron chi connectivity index (χ4n) is 1.89. The van der Waals surface area contributed by atoms with Gasteiger partial charge >= 0.3 is 0 Å². The van der Waals surface area contributed by atoms with Crippen molar-refractivity contribution in [2.45, 2.75) is 6.92 Å². The first kappa shape index (κ1) is 15.5. The summed E-state index contributed by atoms with van der Waals surface area (Å²) in [6, 6.07) is 10.6. The molecule has 6 heteroatoms. The number of nitrogens with one attached hydrogen (secondary N) is 1. The maximum absolute atomic E-state index is 12.3. The summed E-state index contributed by atoms with van der Waals surface area (Å²) < 4.78 is 10.4. The van der Waals surface area contributed by atoms with Crippen molar-refractivity contribution in [2.75, 3.05) is 14.2 Å². The quantitative estimate of drug-likeness (QED) is 0.679. The number of para-hydroxylation sites is 1. The van der Waals surface area contributed by atoms with Gasteiger partial charge in [0.05, 0.1) is 31.2 Å². The Morgan fingerprint density at radius 2 is 1.95 bits per heavy atom. The highest BCUT2D eigenvalue weighted by atomic mass is 16.5. The van der Waals surface area contributed by atoms with Crippen LogP contribution >= 0.6 is 0 Å².